The zero-order chi connectivity index (χ0) is 17.6. The summed E-state index contributed by atoms with van der Waals surface area (Å²) < 4.78 is 7.54. The van der Waals surface area contributed by atoms with Crippen LogP contribution in [-0.4, -0.2) is 28.7 Å². The van der Waals surface area contributed by atoms with Crippen LogP contribution in [0.25, 0.3) is 0 Å². The molecule has 1 N–H and O–H groups in total. The lowest BCUT2D eigenvalue weighted by molar-refractivity contribution is 0.0498. The number of nitriles is 1. The first-order valence-corrected chi connectivity index (χ1v) is 8.62. The highest BCUT2D eigenvalue weighted by molar-refractivity contribution is 5.94. The molecule has 1 aliphatic heterocycles. The van der Waals surface area contributed by atoms with Crippen LogP contribution in [0.15, 0.2) is 36.7 Å². The van der Waals surface area contributed by atoms with E-state index < -0.39 is 0 Å². The average molecular weight is 338 g/mol. The Morgan fingerprint density at radius 3 is 2.76 bits per heavy atom. The molecule has 25 heavy (non-hydrogen) atoms. The van der Waals surface area contributed by atoms with E-state index in [1.807, 2.05) is 6.20 Å². The smallest absolute Gasteiger partial charge is 0.251 e. The molecule has 1 fully saturated rings. The van der Waals surface area contributed by atoms with Gasteiger partial charge in [-0.25, -0.2) is 4.98 Å². The van der Waals surface area contributed by atoms with Gasteiger partial charge in [0.25, 0.3) is 5.91 Å². The summed E-state index contributed by atoms with van der Waals surface area (Å²) in [6, 6.07) is 8.59. The van der Waals surface area contributed by atoms with Crippen LogP contribution >= 0.6 is 0 Å². The summed E-state index contributed by atoms with van der Waals surface area (Å²) in [6.07, 6.45) is 5.51. The molecule has 130 valence electrons. The summed E-state index contributed by atoms with van der Waals surface area (Å²) in [5.41, 5.74) is 1.09. The van der Waals surface area contributed by atoms with E-state index in [0.717, 1.165) is 25.2 Å². The largest absolute Gasteiger partial charge is 0.381 e. The van der Waals surface area contributed by atoms with Crippen LogP contribution in [0, 0.1) is 17.2 Å². The Labute approximate surface area is 147 Å². The number of ether oxygens (including phenoxy) is 1. The molecule has 0 unspecified atom stereocenters. The van der Waals surface area contributed by atoms with Gasteiger partial charge in [-0.1, -0.05) is 0 Å². The number of aromatic nitrogens is 2. The number of nitrogens with one attached hydrogen (secondary N) is 1. The lowest BCUT2D eigenvalue weighted by atomic mass is 9.90. The van der Waals surface area contributed by atoms with Crippen molar-refractivity contribution in [3.05, 3.63) is 53.6 Å². The number of benzene rings is 1. The van der Waals surface area contributed by atoms with Gasteiger partial charge in [0.05, 0.1) is 17.7 Å². The molecule has 1 aromatic heterocycles. The standard InChI is InChI=1S/C19H22N4O2/c1-2-23-10-9-21-18(23)17(15-7-11-25-12-8-15)22-19(24)16-5-3-14(13-20)4-6-16/h3-6,9-10,15,17H,2,7-8,11-12H2,1H3,(H,22,24)/t17-/m0/s1. The minimum Gasteiger partial charge on any atom is -0.381 e. The van der Waals surface area contributed by atoms with Gasteiger partial charge in [-0.3, -0.25) is 4.79 Å². The highest BCUT2D eigenvalue weighted by Crippen LogP contribution is 2.29. The maximum Gasteiger partial charge on any atom is 0.251 e. The molecular formula is C19H22N4O2. The van der Waals surface area contributed by atoms with Crippen LogP contribution in [0.1, 0.15) is 47.6 Å². The number of amides is 1. The van der Waals surface area contributed by atoms with Gasteiger partial charge < -0.3 is 14.6 Å². The first kappa shape index (κ1) is 17.2. The zero-order valence-corrected chi connectivity index (χ0v) is 14.3. The molecule has 6 nitrogen and oxygen atoms in total. The fourth-order valence-electron chi connectivity index (χ4n) is 3.23. The van der Waals surface area contributed by atoms with Gasteiger partial charge in [0.1, 0.15) is 5.82 Å². The molecule has 2 aromatic rings. The SMILES string of the molecule is CCn1ccnc1[C@@H](NC(=O)c1ccc(C#N)cc1)C1CCOCC1. The molecule has 1 aliphatic rings. The van der Waals surface area contributed by atoms with Gasteiger partial charge in [-0.2, -0.15) is 5.26 Å². The predicted octanol–water partition coefficient (Wildman–Crippen LogP) is 2.67. The first-order valence-electron chi connectivity index (χ1n) is 8.62. The van der Waals surface area contributed by atoms with Crippen molar-refractivity contribution >= 4 is 5.91 Å². The number of aryl methyl sites for hydroxylation is 1. The highest BCUT2D eigenvalue weighted by atomic mass is 16.5. The Hall–Kier alpha value is -2.65. The molecule has 1 amide bonds. The van der Waals surface area contributed by atoms with Gasteiger partial charge >= 0.3 is 0 Å². The van der Waals surface area contributed by atoms with Crippen molar-refractivity contribution in [3.8, 4) is 6.07 Å². The Bertz CT molecular complexity index is 754. The molecule has 1 atom stereocenters. The number of imidazole rings is 1. The van der Waals surface area contributed by atoms with Crippen LogP contribution in [0.3, 0.4) is 0 Å². The maximum absolute atomic E-state index is 12.7. The van der Waals surface area contributed by atoms with Gasteiger partial charge in [-0.05, 0) is 49.9 Å². The third-order valence-corrected chi connectivity index (χ3v) is 4.67. The van der Waals surface area contributed by atoms with Crippen LogP contribution in [0.4, 0.5) is 0 Å². The number of nitrogens with zero attached hydrogens (tertiary/aromatic N) is 3. The van der Waals surface area contributed by atoms with Crippen molar-refractivity contribution in [2.24, 2.45) is 5.92 Å². The molecule has 0 spiro atoms. The number of rotatable bonds is 5. The molecule has 2 heterocycles. The quantitative estimate of drug-likeness (QED) is 0.909. The van der Waals surface area contributed by atoms with E-state index in [9.17, 15) is 4.79 Å². The fraction of sp³-hybridized carbons (Fsp3) is 0.421. The maximum atomic E-state index is 12.7. The molecule has 0 saturated carbocycles. The van der Waals surface area contributed by atoms with Gasteiger partial charge in [0, 0.05) is 37.7 Å². The van der Waals surface area contributed by atoms with Crippen molar-refractivity contribution < 1.29 is 9.53 Å². The Balaban J connectivity index is 1.83. The van der Waals surface area contributed by atoms with E-state index in [1.165, 1.54) is 0 Å². The first-order chi connectivity index (χ1) is 12.2. The van der Waals surface area contributed by atoms with Crippen molar-refractivity contribution in [2.45, 2.75) is 32.4 Å². The molecule has 6 heteroatoms. The van der Waals surface area contributed by atoms with Crippen LogP contribution in [-0.2, 0) is 11.3 Å². The number of hydrogen-bond donors (Lipinski definition) is 1. The summed E-state index contributed by atoms with van der Waals surface area (Å²) >= 11 is 0. The Kier molecular flexibility index (Phi) is 5.46. The second kappa shape index (κ2) is 7.95. The van der Waals surface area contributed by atoms with E-state index in [4.69, 9.17) is 10.00 Å². The topological polar surface area (TPSA) is 79.9 Å². The van der Waals surface area contributed by atoms with Crippen LogP contribution in [0.2, 0.25) is 0 Å². The third kappa shape index (κ3) is 3.89. The molecular weight excluding hydrogens is 316 g/mol. The van der Waals surface area contributed by atoms with E-state index in [0.29, 0.717) is 30.3 Å². The number of carbonyl (C=O) groups is 1. The monoisotopic (exact) mass is 338 g/mol. The zero-order valence-electron chi connectivity index (χ0n) is 14.3. The lowest BCUT2D eigenvalue weighted by Gasteiger charge is -2.31. The van der Waals surface area contributed by atoms with Gasteiger partial charge in [-0.15, -0.1) is 0 Å². The lowest BCUT2D eigenvalue weighted by Crippen LogP contribution is -2.37. The molecule has 0 radical (unpaired) electrons. The number of hydrogen-bond acceptors (Lipinski definition) is 4. The summed E-state index contributed by atoms with van der Waals surface area (Å²) in [5.74, 6) is 1.03. The van der Waals surface area contributed by atoms with Crippen molar-refractivity contribution in [1.82, 2.24) is 14.9 Å². The molecule has 1 saturated heterocycles. The fourth-order valence-corrected chi connectivity index (χ4v) is 3.23. The van der Waals surface area contributed by atoms with E-state index in [-0.39, 0.29) is 11.9 Å². The summed E-state index contributed by atoms with van der Waals surface area (Å²) in [6.45, 7) is 4.29. The molecule has 0 bridgehead atoms. The third-order valence-electron chi connectivity index (χ3n) is 4.67. The van der Waals surface area contributed by atoms with E-state index >= 15 is 0 Å². The molecule has 3 rings (SSSR count). The minimum atomic E-state index is -0.151. The molecule has 0 aliphatic carbocycles. The average Bonchev–Trinajstić information content (AvgIpc) is 3.15. The summed E-state index contributed by atoms with van der Waals surface area (Å²) in [4.78, 5) is 17.2. The summed E-state index contributed by atoms with van der Waals surface area (Å²) in [7, 11) is 0. The summed E-state index contributed by atoms with van der Waals surface area (Å²) in [5, 5.41) is 12.0. The van der Waals surface area contributed by atoms with Crippen molar-refractivity contribution in [3.63, 3.8) is 0 Å². The highest BCUT2D eigenvalue weighted by Gasteiger charge is 2.30. The predicted molar refractivity (Wildman–Crippen MR) is 92.8 cm³/mol. The van der Waals surface area contributed by atoms with E-state index in [2.05, 4.69) is 27.9 Å². The number of carbonyl (C=O) groups excluding carboxylic acids is 1. The minimum absolute atomic E-state index is 0.147. The van der Waals surface area contributed by atoms with Gasteiger partial charge in [0.2, 0.25) is 0 Å². The second-order valence-electron chi connectivity index (χ2n) is 6.16. The van der Waals surface area contributed by atoms with E-state index in [1.54, 1.807) is 30.5 Å². The Morgan fingerprint density at radius 1 is 1.40 bits per heavy atom. The van der Waals surface area contributed by atoms with Crippen LogP contribution in [0.5, 0.6) is 0 Å². The van der Waals surface area contributed by atoms with Crippen LogP contribution < -0.4 is 5.32 Å². The van der Waals surface area contributed by atoms with Crippen molar-refractivity contribution in [2.75, 3.05) is 13.2 Å². The van der Waals surface area contributed by atoms with Gasteiger partial charge in [0.15, 0.2) is 0 Å². The normalized spacial score (nSPS) is 16.2. The molecule has 1 aromatic carbocycles. The second-order valence-corrected chi connectivity index (χ2v) is 6.16. The Morgan fingerprint density at radius 2 is 2.12 bits per heavy atom. The van der Waals surface area contributed by atoms with Crippen molar-refractivity contribution in [1.29, 1.82) is 5.26 Å².